The quantitative estimate of drug-likeness (QED) is 0.242. The Bertz CT molecular complexity index is 1450. The van der Waals surface area contributed by atoms with Gasteiger partial charge in [-0.2, -0.15) is 0 Å². The number of hydrogen-bond acceptors (Lipinski definition) is 6. The van der Waals surface area contributed by atoms with Crippen LogP contribution < -0.4 is 15.4 Å². The van der Waals surface area contributed by atoms with Gasteiger partial charge in [0.1, 0.15) is 17.0 Å². The predicted molar refractivity (Wildman–Crippen MR) is 144 cm³/mol. The predicted octanol–water partition coefficient (Wildman–Crippen LogP) is 6.53. The summed E-state index contributed by atoms with van der Waals surface area (Å²) in [5, 5.41) is 16.2. The van der Waals surface area contributed by atoms with Gasteiger partial charge in [-0.3, -0.25) is 10.1 Å². The summed E-state index contributed by atoms with van der Waals surface area (Å²) in [7, 11) is 1.51. The molecule has 1 amide bonds. The van der Waals surface area contributed by atoms with Crippen molar-refractivity contribution < 1.29 is 19.1 Å². The number of aryl methyl sites for hydroxylation is 1. The molecule has 0 aliphatic rings. The minimum Gasteiger partial charge on any atom is -0.507 e. The second kappa shape index (κ2) is 10.1. The van der Waals surface area contributed by atoms with Crippen molar-refractivity contribution in [2.24, 2.45) is 0 Å². The van der Waals surface area contributed by atoms with E-state index >= 15 is 0 Å². The Morgan fingerprint density at radius 1 is 1.17 bits per heavy atom. The number of hydrogen-bond donors (Lipinski definition) is 3. The molecular formula is C26H24BrN3O4S. The Kier molecular flexibility index (Phi) is 7.09. The van der Waals surface area contributed by atoms with E-state index in [1.165, 1.54) is 13.2 Å². The lowest BCUT2D eigenvalue weighted by atomic mass is 10.0. The third-order valence-corrected chi connectivity index (χ3v) is 6.14. The van der Waals surface area contributed by atoms with Gasteiger partial charge in [-0.25, -0.2) is 4.98 Å². The maximum absolute atomic E-state index is 12.8. The number of nitrogens with zero attached hydrogens (tertiary/aromatic N) is 1. The zero-order chi connectivity index (χ0) is 25.3. The van der Waals surface area contributed by atoms with Gasteiger partial charge < -0.3 is 19.6 Å². The number of halogens is 1. The number of anilines is 1. The normalized spacial score (nSPS) is 11.0. The number of rotatable bonds is 5. The molecular weight excluding hydrogens is 530 g/mol. The van der Waals surface area contributed by atoms with Gasteiger partial charge in [0.05, 0.1) is 18.2 Å². The summed E-state index contributed by atoms with van der Waals surface area (Å²) in [4.78, 5) is 17.3. The van der Waals surface area contributed by atoms with Crippen LogP contribution in [0.25, 0.3) is 22.6 Å². The molecule has 0 aliphatic heterocycles. The fraction of sp³-hybridized carbons (Fsp3) is 0.192. The molecule has 0 radical (unpaired) electrons. The lowest BCUT2D eigenvalue weighted by Gasteiger charge is -2.14. The van der Waals surface area contributed by atoms with Gasteiger partial charge in [0.2, 0.25) is 5.89 Å². The van der Waals surface area contributed by atoms with Gasteiger partial charge >= 0.3 is 0 Å². The van der Waals surface area contributed by atoms with E-state index in [9.17, 15) is 9.90 Å². The molecule has 0 fully saturated rings. The van der Waals surface area contributed by atoms with E-state index in [0.717, 1.165) is 21.1 Å². The van der Waals surface area contributed by atoms with Crippen molar-refractivity contribution >= 4 is 56.0 Å². The molecule has 0 bridgehead atoms. The van der Waals surface area contributed by atoms with Crippen LogP contribution in [0.2, 0.25) is 0 Å². The maximum atomic E-state index is 12.8. The van der Waals surface area contributed by atoms with Crippen molar-refractivity contribution in [3.8, 4) is 23.0 Å². The van der Waals surface area contributed by atoms with Gasteiger partial charge in [0.25, 0.3) is 5.91 Å². The molecule has 0 spiro atoms. The number of nitrogens with one attached hydrogen (secondary N) is 2. The lowest BCUT2D eigenvalue weighted by molar-refractivity contribution is 0.0974. The van der Waals surface area contributed by atoms with Crippen molar-refractivity contribution in [2.75, 3.05) is 12.4 Å². The van der Waals surface area contributed by atoms with Crippen molar-refractivity contribution in [2.45, 2.75) is 26.7 Å². The summed E-state index contributed by atoms with van der Waals surface area (Å²) in [6.45, 7) is 6.08. The van der Waals surface area contributed by atoms with Crippen LogP contribution in [0.5, 0.6) is 11.5 Å². The van der Waals surface area contributed by atoms with Crippen LogP contribution >= 0.6 is 28.1 Å². The van der Waals surface area contributed by atoms with E-state index in [0.29, 0.717) is 40.0 Å². The second-order valence-corrected chi connectivity index (χ2v) is 9.67. The molecule has 4 aromatic rings. The van der Waals surface area contributed by atoms with Crippen LogP contribution in [-0.2, 0) is 0 Å². The molecule has 35 heavy (non-hydrogen) atoms. The standard InChI is InChI=1S/C26H24BrN3O4S/c1-13(2)15-5-8-22-20(10-15)29-25(34-22)18-7-6-17(12-21(18)31)28-26(35)30-24(32)19-11-16(27)9-14(3)23(19)33-4/h5-13,31H,1-4H3,(H2,28,30,32,35). The van der Waals surface area contributed by atoms with E-state index in [1.807, 2.05) is 31.2 Å². The highest BCUT2D eigenvalue weighted by atomic mass is 79.9. The summed E-state index contributed by atoms with van der Waals surface area (Å²) >= 11 is 8.69. The summed E-state index contributed by atoms with van der Waals surface area (Å²) in [6, 6.07) is 14.3. The molecule has 0 atom stereocenters. The summed E-state index contributed by atoms with van der Waals surface area (Å²) in [5.41, 5.74) is 4.63. The first-order valence-electron chi connectivity index (χ1n) is 10.9. The third-order valence-electron chi connectivity index (χ3n) is 5.48. The van der Waals surface area contributed by atoms with E-state index in [4.69, 9.17) is 21.4 Å². The first kappa shape index (κ1) is 24.7. The SMILES string of the molecule is COc1c(C)cc(Br)cc1C(=O)NC(=S)Nc1ccc(-c2nc3cc(C(C)C)ccc3o2)c(O)c1. The number of phenols is 1. The first-order chi connectivity index (χ1) is 16.7. The van der Waals surface area contributed by atoms with Crippen LogP contribution in [0.15, 0.2) is 57.4 Å². The number of carbonyl (C=O) groups is 1. The number of phenolic OH excluding ortho intramolecular Hbond substituents is 1. The molecule has 0 aliphatic carbocycles. The smallest absolute Gasteiger partial charge is 0.261 e. The van der Waals surface area contributed by atoms with Gasteiger partial charge in [0.15, 0.2) is 10.7 Å². The Morgan fingerprint density at radius 2 is 1.94 bits per heavy atom. The Balaban J connectivity index is 1.50. The fourth-order valence-corrected chi connectivity index (χ4v) is 4.49. The number of amides is 1. The van der Waals surface area contributed by atoms with Gasteiger partial charge in [-0.05, 0) is 72.6 Å². The zero-order valence-corrected chi connectivity index (χ0v) is 22.0. The second-order valence-electron chi connectivity index (χ2n) is 8.34. The van der Waals surface area contributed by atoms with E-state index in [1.54, 1.807) is 18.2 Å². The summed E-state index contributed by atoms with van der Waals surface area (Å²) < 4.78 is 12.0. The van der Waals surface area contributed by atoms with Crippen LogP contribution in [0.4, 0.5) is 5.69 Å². The number of carbonyl (C=O) groups excluding carboxylic acids is 1. The van der Waals surface area contributed by atoms with E-state index in [2.05, 4.69) is 45.4 Å². The highest BCUT2D eigenvalue weighted by Crippen LogP contribution is 2.34. The average molecular weight is 554 g/mol. The van der Waals surface area contributed by atoms with Gasteiger partial charge in [0, 0.05) is 16.2 Å². The van der Waals surface area contributed by atoms with E-state index in [-0.39, 0.29) is 10.9 Å². The summed E-state index contributed by atoms with van der Waals surface area (Å²) in [5.74, 6) is 0.698. The average Bonchev–Trinajstić information content (AvgIpc) is 3.21. The largest absolute Gasteiger partial charge is 0.507 e. The summed E-state index contributed by atoms with van der Waals surface area (Å²) in [6.07, 6.45) is 0. The molecule has 1 heterocycles. The van der Waals surface area contributed by atoms with Crippen molar-refractivity contribution in [3.63, 3.8) is 0 Å². The minimum atomic E-state index is -0.420. The number of fused-ring (bicyclic) bond motifs is 1. The number of oxazole rings is 1. The number of methoxy groups -OCH3 is 1. The number of aromatic nitrogens is 1. The van der Waals surface area contributed by atoms with Crippen molar-refractivity contribution in [1.29, 1.82) is 0 Å². The molecule has 3 aromatic carbocycles. The maximum Gasteiger partial charge on any atom is 0.261 e. The number of benzene rings is 3. The highest BCUT2D eigenvalue weighted by molar-refractivity contribution is 9.10. The van der Waals surface area contributed by atoms with Crippen LogP contribution in [0.1, 0.15) is 41.3 Å². The number of ether oxygens (including phenoxy) is 1. The molecule has 3 N–H and O–H groups in total. The highest BCUT2D eigenvalue weighted by Gasteiger charge is 2.18. The van der Waals surface area contributed by atoms with Crippen molar-refractivity contribution in [3.05, 3.63) is 69.7 Å². The fourth-order valence-electron chi connectivity index (χ4n) is 3.71. The van der Waals surface area contributed by atoms with E-state index < -0.39 is 5.91 Å². The third kappa shape index (κ3) is 5.31. The molecule has 9 heteroatoms. The molecule has 0 unspecified atom stereocenters. The monoisotopic (exact) mass is 553 g/mol. The lowest BCUT2D eigenvalue weighted by Crippen LogP contribution is -2.34. The molecule has 1 aromatic heterocycles. The molecule has 4 rings (SSSR count). The Hall–Kier alpha value is -3.43. The number of thiocarbonyl (C=S) groups is 1. The van der Waals surface area contributed by atoms with Crippen LogP contribution in [0.3, 0.4) is 0 Å². The van der Waals surface area contributed by atoms with Crippen molar-refractivity contribution in [1.82, 2.24) is 10.3 Å². The molecule has 7 nitrogen and oxygen atoms in total. The topological polar surface area (TPSA) is 96.6 Å². The van der Waals surface area contributed by atoms with Gasteiger partial charge in [-0.1, -0.05) is 35.8 Å². The van der Waals surface area contributed by atoms with Crippen LogP contribution in [-0.4, -0.2) is 28.2 Å². The minimum absolute atomic E-state index is 0.0379. The Morgan fingerprint density at radius 3 is 2.63 bits per heavy atom. The molecule has 180 valence electrons. The van der Waals surface area contributed by atoms with Gasteiger partial charge in [-0.15, -0.1) is 0 Å². The Labute approximate surface area is 216 Å². The van der Waals surface area contributed by atoms with Crippen LogP contribution in [0, 0.1) is 6.92 Å². The molecule has 0 saturated carbocycles. The first-order valence-corrected chi connectivity index (χ1v) is 12.1. The molecule has 0 saturated heterocycles. The zero-order valence-electron chi connectivity index (χ0n) is 19.6. The number of aromatic hydroxyl groups is 1.